The Balaban J connectivity index is 1.93. The molecule has 3 heteroatoms. The zero-order valence-corrected chi connectivity index (χ0v) is 12.1. The second-order valence-electron chi connectivity index (χ2n) is 5.37. The summed E-state index contributed by atoms with van der Waals surface area (Å²) in [7, 11) is 2.02. The second kappa shape index (κ2) is 6.55. The van der Waals surface area contributed by atoms with E-state index in [1.54, 1.807) is 0 Å². The molecule has 2 rings (SSSR count). The smallest absolute Gasteiger partial charge is 0.0916 e. The summed E-state index contributed by atoms with van der Waals surface area (Å²) in [5.41, 5.74) is 9.79. The minimum Gasteiger partial charge on any atom is -0.399 e. The molecule has 106 valence electrons. The lowest BCUT2D eigenvalue weighted by Crippen LogP contribution is -2.24. The van der Waals surface area contributed by atoms with Gasteiger partial charge < -0.3 is 10.8 Å². The molecule has 0 heterocycles. The number of aliphatic hydroxyl groups excluding tert-OH is 1. The molecular weight excluding hydrogens is 248 g/mol. The highest BCUT2D eigenvalue weighted by Gasteiger charge is 2.11. The van der Waals surface area contributed by atoms with Crippen molar-refractivity contribution in [3.63, 3.8) is 0 Å². The van der Waals surface area contributed by atoms with Crippen molar-refractivity contribution in [2.75, 3.05) is 19.3 Å². The van der Waals surface area contributed by atoms with Crippen LogP contribution in [0.2, 0.25) is 0 Å². The first-order valence-electron chi connectivity index (χ1n) is 6.82. The van der Waals surface area contributed by atoms with Gasteiger partial charge in [0.1, 0.15) is 0 Å². The van der Waals surface area contributed by atoms with Crippen LogP contribution in [0.15, 0.2) is 48.5 Å². The molecule has 1 atom stereocenters. The maximum absolute atomic E-state index is 10.2. The summed E-state index contributed by atoms with van der Waals surface area (Å²) in [6.45, 7) is 3.51. The van der Waals surface area contributed by atoms with Gasteiger partial charge in [-0.2, -0.15) is 0 Å². The summed E-state index contributed by atoms with van der Waals surface area (Å²) in [6.07, 6.45) is -0.495. The van der Waals surface area contributed by atoms with Crippen LogP contribution in [0, 0.1) is 6.92 Å². The van der Waals surface area contributed by atoms with Crippen molar-refractivity contribution in [2.24, 2.45) is 0 Å². The van der Waals surface area contributed by atoms with Crippen molar-refractivity contribution in [3.05, 3.63) is 65.2 Å². The lowest BCUT2D eigenvalue weighted by Gasteiger charge is -2.21. The van der Waals surface area contributed by atoms with Gasteiger partial charge in [-0.1, -0.05) is 42.0 Å². The summed E-state index contributed by atoms with van der Waals surface area (Å²) >= 11 is 0. The first-order chi connectivity index (χ1) is 9.54. The van der Waals surface area contributed by atoms with Gasteiger partial charge in [0.05, 0.1) is 6.10 Å². The van der Waals surface area contributed by atoms with Crippen LogP contribution in [-0.2, 0) is 6.54 Å². The zero-order chi connectivity index (χ0) is 14.5. The fraction of sp³-hybridized carbons (Fsp3) is 0.294. The maximum Gasteiger partial charge on any atom is 0.0916 e. The first kappa shape index (κ1) is 14.6. The fourth-order valence-corrected chi connectivity index (χ4v) is 2.31. The molecule has 0 aliphatic carbocycles. The van der Waals surface area contributed by atoms with Gasteiger partial charge in [-0.3, -0.25) is 4.90 Å². The van der Waals surface area contributed by atoms with Crippen molar-refractivity contribution < 1.29 is 5.11 Å². The molecule has 3 nitrogen and oxygen atoms in total. The van der Waals surface area contributed by atoms with Crippen LogP contribution >= 0.6 is 0 Å². The zero-order valence-electron chi connectivity index (χ0n) is 12.1. The number of hydrogen-bond acceptors (Lipinski definition) is 3. The number of nitrogens with zero attached hydrogens (tertiary/aromatic N) is 1. The largest absolute Gasteiger partial charge is 0.399 e. The molecule has 0 fully saturated rings. The number of nitrogen functional groups attached to an aromatic ring is 1. The van der Waals surface area contributed by atoms with E-state index in [0.29, 0.717) is 12.2 Å². The molecule has 0 aliphatic rings. The topological polar surface area (TPSA) is 49.5 Å². The van der Waals surface area contributed by atoms with Crippen molar-refractivity contribution in [1.82, 2.24) is 4.90 Å². The minimum atomic E-state index is -0.495. The molecule has 1 unspecified atom stereocenters. The van der Waals surface area contributed by atoms with Crippen LogP contribution in [0.3, 0.4) is 0 Å². The average Bonchev–Trinajstić information content (AvgIpc) is 2.39. The number of nitrogens with two attached hydrogens (primary N) is 1. The highest BCUT2D eigenvalue weighted by Crippen LogP contribution is 2.16. The third-order valence-corrected chi connectivity index (χ3v) is 3.34. The van der Waals surface area contributed by atoms with Gasteiger partial charge in [-0.15, -0.1) is 0 Å². The normalized spacial score (nSPS) is 12.6. The van der Waals surface area contributed by atoms with E-state index < -0.39 is 6.10 Å². The van der Waals surface area contributed by atoms with E-state index in [-0.39, 0.29) is 0 Å². The molecular formula is C17H22N2O. The Morgan fingerprint density at radius 3 is 2.50 bits per heavy atom. The van der Waals surface area contributed by atoms with Gasteiger partial charge >= 0.3 is 0 Å². The Hall–Kier alpha value is -1.84. The van der Waals surface area contributed by atoms with E-state index in [1.165, 1.54) is 11.1 Å². The van der Waals surface area contributed by atoms with E-state index >= 15 is 0 Å². The van der Waals surface area contributed by atoms with Gasteiger partial charge in [-0.05, 0) is 37.2 Å². The van der Waals surface area contributed by atoms with Gasteiger partial charge in [0, 0.05) is 18.8 Å². The fourth-order valence-electron chi connectivity index (χ4n) is 2.31. The monoisotopic (exact) mass is 270 g/mol. The lowest BCUT2D eigenvalue weighted by atomic mass is 10.1. The summed E-state index contributed by atoms with van der Waals surface area (Å²) < 4.78 is 0. The number of likely N-dealkylation sites (N-methyl/N-ethyl adjacent to an activating group) is 1. The standard InChI is InChI=1S/C17H22N2O/c1-13-4-3-5-14(10-13)11-19(2)12-17(20)15-6-8-16(18)9-7-15/h3-10,17,20H,11-12,18H2,1-2H3. The summed E-state index contributed by atoms with van der Waals surface area (Å²) in [5, 5.41) is 10.2. The van der Waals surface area contributed by atoms with E-state index in [1.807, 2.05) is 31.3 Å². The predicted octanol–water partition coefficient (Wildman–Crippen LogP) is 2.74. The van der Waals surface area contributed by atoms with Crippen LogP contribution in [0.25, 0.3) is 0 Å². The van der Waals surface area contributed by atoms with Crippen LogP contribution in [-0.4, -0.2) is 23.6 Å². The number of hydrogen-bond donors (Lipinski definition) is 2. The molecule has 0 bridgehead atoms. The van der Waals surface area contributed by atoms with Gasteiger partial charge in [-0.25, -0.2) is 0 Å². The number of benzene rings is 2. The SMILES string of the molecule is Cc1cccc(CN(C)CC(O)c2ccc(N)cc2)c1. The third-order valence-electron chi connectivity index (χ3n) is 3.34. The van der Waals surface area contributed by atoms with Crippen LogP contribution < -0.4 is 5.73 Å². The molecule has 2 aromatic rings. The molecule has 0 amide bonds. The second-order valence-corrected chi connectivity index (χ2v) is 5.37. The highest BCUT2D eigenvalue weighted by atomic mass is 16.3. The lowest BCUT2D eigenvalue weighted by molar-refractivity contribution is 0.124. The molecule has 0 saturated heterocycles. The van der Waals surface area contributed by atoms with Crippen LogP contribution in [0.1, 0.15) is 22.8 Å². The molecule has 0 radical (unpaired) electrons. The summed E-state index contributed by atoms with van der Waals surface area (Å²) in [4.78, 5) is 2.12. The molecule has 0 aliphatic heterocycles. The maximum atomic E-state index is 10.2. The predicted molar refractivity (Wildman–Crippen MR) is 83.3 cm³/mol. The molecule has 3 N–H and O–H groups in total. The Morgan fingerprint density at radius 1 is 1.15 bits per heavy atom. The number of anilines is 1. The Morgan fingerprint density at radius 2 is 1.85 bits per heavy atom. The van der Waals surface area contributed by atoms with Crippen molar-refractivity contribution in [1.29, 1.82) is 0 Å². The van der Waals surface area contributed by atoms with Crippen LogP contribution in [0.4, 0.5) is 5.69 Å². The average molecular weight is 270 g/mol. The Kier molecular flexibility index (Phi) is 4.77. The molecule has 0 saturated carbocycles. The molecule has 20 heavy (non-hydrogen) atoms. The first-order valence-corrected chi connectivity index (χ1v) is 6.82. The third kappa shape index (κ3) is 4.08. The molecule has 0 aromatic heterocycles. The molecule has 0 spiro atoms. The van der Waals surface area contributed by atoms with E-state index in [4.69, 9.17) is 5.73 Å². The summed E-state index contributed by atoms with van der Waals surface area (Å²) in [6, 6.07) is 15.8. The molecule has 2 aromatic carbocycles. The van der Waals surface area contributed by atoms with Crippen molar-refractivity contribution in [3.8, 4) is 0 Å². The minimum absolute atomic E-state index is 0.495. The Bertz CT molecular complexity index is 551. The highest BCUT2D eigenvalue weighted by molar-refractivity contribution is 5.39. The van der Waals surface area contributed by atoms with Gasteiger partial charge in [0.25, 0.3) is 0 Å². The Labute approximate surface area is 120 Å². The number of rotatable bonds is 5. The van der Waals surface area contributed by atoms with Crippen molar-refractivity contribution in [2.45, 2.75) is 19.6 Å². The van der Waals surface area contributed by atoms with E-state index in [9.17, 15) is 5.11 Å². The number of aliphatic hydroxyl groups is 1. The van der Waals surface area contributed by atoms with Gasteiger partial charge in [0.2, 0.25) is 0 Å². The number of aryl methyl sites for hydroxylation is 1. The van der Waals surface area contributed by atoms with E-state index in [0.717, 1.165) is 12.1 Å². The quantitative estimate of drug-likeness (QED) is 0.821. The summed E-state index contributed by atoms with van der Waals surface area (Å²) in [5.74, 6) is 0. The van der Waals surface area contributed by atoms with Crippen LogP contribution in [0.5, 0.6) is 0 Å². The van der Waals surface area contributed by atoms with E-state index in [2.05, 4.69) is 36.1 Å². The van der Waals surface area contributed by atoms with Gasteiger partial charge in [0.15, 0.2) is 0 Å². The van der Waals surface area contributed by atoms with Crippen molar-refractivity contribution >= 4 is 5.69 Å².